The van der Waals surface area contributed by atoms with Crippen molar-refractivity contribution in [1.29, 1.82) is 0 Å². The topological polar surface area (TPSA) is 0 Å². The van der Waals surface area contributed by atoms with Gasteiger partial charge in [-0.15, -0.1) is 11.6 Å². The highest BCUT2D eigenvalue weighted by Gasteiger charge is 2.28. The molecule has 0 N–H and O–H groups in total. The molecule has 188 valence electrons. The zero-order valence-corrected chi connectivity index (χ0v) is 23.0. The van der Waals surface area contributed by atoms with E-state index in [1.807, 2.05) is 0 Å². The first-order valence-electron chi connectivity index (χ1n) is 14.8. The lowest BCUT2D eigenvalue weighted by molar-refractivity contribution is 0.176. The smallest absolute Gasteiger partial charge is 0.0223 e. The maximum Gasteiger partial charge on any atom is 0.0223 e. The maximum atomic E-state index is 6.19. The summed E-state index contributed by atoms with van der Waals surface area (Å²) in [6.07, 6.45) is 35.8. The van der Waals surface area contributed by atoms with Crippen LogP contribution in [0.4, 0.5) is 0 Å². The van der Waals surface area contributed by atoms with E-state index in [4.69, 9.17) is 11.6 Å². The Labute approximate surface area is 204 Å². The lowest BCUT2D eigenvalue weighted by Crippen LogP contribution is -2.22. The predicted molar refractivity (Wildman–Crippen MR) is 146 cm³/mol. The summed E-state index contributed by atoms with van der Waals surface area (Å²) in [6.45, 7) is 6.96. The average molecular weight is 457 g/mol. The Morgan fingerprint density at radius 2 is 0.613 bits per heavy atom. The van der Waals surface area contributed by atoms with Crippen molar-refractivity contribution >= 4 is 11.6 Å². The van der Waals surface area contributed by atoms with Gasteiger partial charge in [-0.2, -0.15) is 0 Å². The molecule has 0 radical (unpaired) electrons. The van der Waals surface area contributed by atoms with Crippen molar-refractivity contribution in [2.45, 2.75) is 181 Å². The van der Waals surface area contributed by atoms with Crippen molar-refractivity contribution in [1.82, 2.24) is 0 Å². The number of halogens is 1. The van der Waals surface area contributed by atoms with Crippen LogP contribution in [0.1, 0.15) is 181 Å². The summed E-state index contributed by atoms with van der Waals surface area (Å²) >= 11 is 6.19. The second-order valence-electron chi connectivity index (χ2n) is 10.6. The maximum absolute atomic E-state index is 6.19. The van der Waals surface area contributed by atoms with Crippen LogP contribution in [0.5, 0.6) is 0 Å². The summed E-state index contributed by atoms with van der Waals surface area (Å²) in [6, 6.07) is 0. The lowest BCUT2D eigenvalue weighted by atomic mass is 9.71. The van der Waals surface area contributed by atoms with Crippen molar-refractivity contribution < 1.29 is 0 Å². The second kappa shape index (κ2) is 24.9. The summed E-state index contributed by atoms with van der Waals surface area (Å²) in [5.74, 6) is 0.853. The molecule has 0 aliphatic carbocycles. The van der Waals surface area contributed by atoms with E-state index in [2.05, 4.69) is 20.8 Å². The second-order valence-corrected chi connectivity index (χ2v) is 10.9. The Bertz CT molecular complexity index is 308. The van der Waals surface area contributed by atoms with Gasteiger partial charge in [-0.25, -0.2) is 0 Å². The summed E-state index contributed by atoms with van der Waals surface area (Å²) in [5, 5.41) is 0. The normalized spacial score (nSPS) is 12.0. The quantitative estimate of drug-likeness (QED) is 0.0895. The molecule has 1 heteroatoms. The molecule has 31 heavy (non-hydrogen) atoms. The molecule has 0 saturated carbocycles. The minimum atomic E-state index is 0.604. The van der Waals surface area contributed by atoms with E-state index < -0.39 is 0 Å². The molecule has 0 aromatic carbocycles. The van der Waals surface area contributed by atoms with Gasteiger partial charge in [0.25, 0.3) is 0 Å². The van der Waals surface area contributed by atoms with Crippen molar-refractivity contribution in [3.05, 3.63) is 0 Å². The molecule has 0 nitrogen and oxygen atoms in total. The molecule has 0 saturated heterocycles. The van der Waals surface area contributed by atoms with Gasteiger partial charge >= 0.3 is 0 Å². The van der Waals surface area contributed by atoms with Crippen LogP contribution in [-0.2, 0) is 0 Å². The minimum Gasteiger partial charge on any atom is -0.127 e. The molecular weight excluding hydrogens is 396 g/mol. The summed E-state index contributed by atoms with van der Waals surface area (Å²) in [5.41, 5.74) is 0.604. The molecular formula is C30H61Cl. The van der Waals surface area contributed by atoms with Gasteiger partial charge in [0, 0.05) is 5.88 Å². The van der Waals surface area contributed by atoms with E-state index in [0.717, 1.165) is 5.88 Å². The number of hydrogen-bond acceptors (Lipinski definition) is 0. The minimum absolute atomic E-state index is 0.604. The molecule has 0 aliphatic heterocycles. The Hall–Kier alpha value is 0.290. The monoisotopic (exact) mass is 456 g/mol. The number of hydrogen-bond donors (Lipinski definition) is 0. The molecule has 0 heterocycles. The molecule has 0 amide bonds. The summed E-state index contributed by atoms with van der Waals surface area (Å²) in [4.78, 5) is 0. The molecule has 0 aromatic heterocycles. The molecule has 0 fully saturated rings. The van der Waals surface area contributed by atoms with Gasteiger partial charge in [-0.1, -0.05) is 149 Å². The van der Waals surface area contributed by atoms with Gasteiger partial charge in [0.15, 0.2) is 0 Å². The molecule has 0 aromatic rings. The highest BCUT2D eigenvalue weighted by Crippen LogP contribution is 2.41. The standard InChI is InChI=1S/C30H61Cl/c1-4-7-10-13-16-17-20-23-27-30(28-24-29-31,25-21-18-14-11-8-5-2)26-22-19-15-12-9-6-3/h4-29H2,1-3H3. The highest BCUT2D eigenvalue weighted by atomic mass is 35.5. The number of rotatable bonds is 26. The molecule has 0 spiro atoms. The predicted octanol–water partition coefficient (Wildman–Crippen LogP) is 12.0. The van der Waals surface area contributed by atoms with Crippen molar-refractivity contribution in [3.8, 4) is 0 Å². The van der Waals surface area contributed by atoms with Gasteiger partial charge in [0.1, 0.15) is 0 Å². The first kappa shape index (κ1) is 31.3. The van der Waals surface area contributed by atoms with E-state index in [1.165, 1.54) is 161 Å². The highest BCUT2D eigenvalue weighted by molar-refractivity contribution is 6.17. The lowest BCUT2D eigenvalue weighted by Gasteiger charge is -2.35. The molecule has 0 aliphatic rings. The van der Waals surface area contributed by atoms with E-state index in [0.29, 0.717) is 5.41 Å². The van der Waals surface area contributed by atoms with Gasteiger partial charge in [-0.05, 0) is 37.5 Å². The van der Waals surface area contributed by atoms with Crippen molar-refractivity contribution in [2.24, 2.45) is 5.41 Å². The molecule has 0 unspecified atom stereocenters. The van der Waals surface area contributed by atoms with Crippen molar-refractivity contribution in [2.75, 3.05) is 5.88 Å². The molecule has 0 atom stereocenters. The molecule has 0 rings (SSSR count). The van der Waals surface area contributed by atoms with E-state index in [1.54, 1.807) is 0 Å². The van der Waals surface area contributed by atoms with Gasteiger partial charge < -0.3 is 0 Å². The third kappa shape index (κ3) is 20.6. The summed E-state index contributed by atoms with van der Waals surface area (Å²) in [7, 11) is 0. The third-order valence-electron chi connectivity index (χ3n) is 7.52. The summed E-state index contributed by atoms with van der Waals surface area (Å²) < 4.78 is 0. The van der Waals surface area contributed by atoms with E-state index >= 15 is 0 Å². The van der Waals surface area contributed by atoms with Crippen LogP contribution in [-0.4, -0.2) is 5.88 Å². The fraction of sp³-hybridized carbons (Fsp3) is 1.00. The first-order chi connectivity index (χ1) is 15.2. The zero-order chi connectivity index (χ0) is 22.9. The fourth-order valence-corrected chi connectivity index (χ4v) is 5.52. The Kier molecular flexibility index (Phi) is 25.2. The average Bonchev–Trinajstić information content (AvgIpc) is 2.78. The Morgan fingerprint density at radius 3 is 0.903 bits per heavy atom. The van der Waals surface area contributed by atoms with Gasteiger partial charge in [-0.3, -0.25) is 0 Å². The first-order valence-corrected chi connectivity index (χ1v) is 15.3. The Morgan fingerprint density at radius 1 is 0.355 bits per heavy atom. The largest absolute Gasteiger partial charge is 0.127 e. The fourth-order valence-electron chi connectivity index (χ4n) is 5.39. The van der Waals surface area contributed by atoms with Crippen molar-refractivity contribution in [3.63, 3.8) is 0 Å². The van der Waals surface area contributed by atoms with Gasteiger partial charge in [0.2, 0.25) is 0 Å². The Balaban J connectivity index is 4.49. The van der Waals surface area contributed by atoms with Crippen LogP contribution >= 0.6 is 11.6 Å². The number of unbranched alkanes of at least 4 members (excludes halogenated alkanes) is 17. The number of alkyl halides is 1. The van der Waals surface area contributed by atoms with Crippen LogP contribution in [0.15, 0.2) is 0 Å². The van der Waals surface area contributed by atoms with Crippen LogP contribution in [0.3, 0.4) is 0 Å². The van der Waals surface area contributed by atoms with E-state index in [9.17, 15) is 0 Å². The molecule has 0 bridgehead atoms. The van der Waals surface area contributed by atoms with Crippen LogP contribution in [0.25, 0.3) is 0 Å². The SMILES string of the molecule is CCCCCCCCCCC(CCCCl)(CCCCCCCC)CCCCCCCC. The van der Waals surface area contributed by atoms with Crippen LogP contribution in [0, 0.1) is 5.41 Å². The zero-order valence-electron chi connectivity index (χ0n) is 22.3. The van der Waals surface area contributed by atoms with Gasteiger partial charge in [0.05, 0.1) is 0 Å². The third-order valence-corrected chi connectivity index (χ3v) is 7.79. The van der Waals surface area contributed by atoms with E-state index in [-0.39, 0.29) is 0 Å². The van der Waals surface area contributed by atoms with Crippen LogP contribution in [0.2, 0.25) is 0 Å². The van der Waals surface area contributed by atoms with Crippen LogP contribution < -0.4 is 0 Å².